The van der Waals surface area contributed by atoms with E-state index in [1.165, 1.54) is 0 Å². The first-order chi connectivity index (χ1) is 12.9. The minimum absolute atomic E-state index is 0.00228. The molecule has 0 aliphatic carbocycles. The molecule has 0 unspecified atom stereocenters. The number of fused-ring (bicyclic) bond motifs is 1. The molecule has 0 atom stereocenters. The minimum Gasteiger partial charge on any atom is -0.350 e. The van der Waals surface area contributed by atoms with Crippen LogP contribution in [0, 0.1) is 0 Å². The number of carbonyl (C=O) groups is 2. The Morgan fingerprint density at radius 1 is 1.22 bits per heavy atom. The lowest BCUT2D eigenvalue weighted by molar-refractivity contribution is -0.120. The topological polar surface area (TPSA) is 70.5 Å². The molecule has 144 valence electrons. The standard InChI is InChI=1S/C19H24ClN5O2/c1-23(2)19(27)24-8-3-9-25-17(13-24)11-16(22-25)12-21-18(26)10-14-4-6-15(20)7-5-14/h4-7,11H,3,8-10,12-13H2,1-2H3,(H,21,26). The Bertz CT molecular complexity index is 816. The van der Waals surface area contributed by atoms with E-state index in [2.05, 4.69) is 10.4 Å². The molecule has 27 heavy (non-hydrogen) atoms. The number of carbonyl (C=O) groups excluding carboxylic acids is 2. The smallest absolute Gasteiger partial charge is 0.319 e. The van der Waals surface area contributed by atoms with E-state index >= 15 is 0 Å². The number of nitrogens with one attached hydrogen (secondary N) is 1. The molecule has 0 spiro atoms. The zero-order chi connectivity index (χ0) is 19.4. The van der Waals surface area contributed by atoms with E-state index in [1.54, 1.807) is 31.1 Å². The maximum absolute atomic E-state index is 12.2. The number of halogens is 1. The highest BCUT2D eigenvalue weighted by Gasteiger charge is 2.21. The van der Waals surface area contributed by atoms with Gasteiger partial charge in [0, 0.05) is 32.2 Å². The van der Waals surface area contributed by atoms with Crippen LogP contribution in [0.1, 0.15) is 23.4 Å². The molecule has 8 heteroatoms. The van der Waals surface area contributed by atoms with Gasteiger partial charge < -0.3 is 15.1 Å². The van der Waals surface area contributed by atoms with E-state index in [1.807, 2.05) is 27.8 Å². The van der Waals surface area contributed by atoms with Gasteiger partial charge in [-0.05, 0) is 30.2 Å². The second kappa shape index (κ2) is 8.43. The number of benzene rings is 1. The Kier molecular flexibility index (Phi) is 6.01. The summed E-state index contributed by atoms with van der Waals surface area (Å²) in [7, 11) is 3.51. The molecule has 1 aromatic carbocycles. The Balaban J connectivity index is 1.58. The molecule has 0 saturated carbocycles. The normalized spacial score (nSPS) is 13.7. The molecule has 0 saturated heterocycles. The van der Waals surface area contributed by atoms with Crippen molar-refractivity contribution in [1.29, 1.82) is 0 Å². The van der Waals surface area contributed by atoms with Gasteiger partial charge in [0.2, 0.25) is 5.91 Å². The summed E-state index contributed by atoms with van der Waals surface area (Å²) in [5.41, 5.74) is 2.70. The third kappa shape index (κ3) is 5.01. The fraction of sp³-hybridized carbons (Fsp3) is 0.421. The van der Waals surface area contributed by atoms with Crippen LogP contribution in [0.15, 0.2) is 30.3 Å². The van der Waals surface area contributed by atoms with Gasteiger partial charge in [0.05, 0.1) is 30.9 Å². The number of amides is 3. The molecule has 1 aromatic heterocycles. The predicted molar refractivity (Wildman–Crippen MR) is 103 cm³/mol. The van der Waals surface area contributed by atoms with Crippen LogP contribution >= 0.6 is 11.6 Å². The molecule has 3 rings (SSSR count). The quantitative estimate of drug-likeness (QED) is 0.872. The monoisotopic (exact) mass is 389 g/mol. The molecule has 7 nitrogen and oxygen atoms in total. The zero-order valence-electron chi connectivity index (χ0n) is 15.6. The van der Waals surface area contributed by atoms with E-state index in [-0.39, 0.29) is 11.9 Å². The molecule has 3 amide bonds. The summed E-state index contributed by atoms with van der Waals surface area (Å²) < 4.78 is 1.93. The molecule has 0 bridgehead atoms. The van der Waals surface area contributed by atoms with Crippen LogP contribution in [-0.4, -0.2) is 52.2 Å². The third-order valence-electron chi connectivity index (χ3n) is 4.46. The SMILES string of the molecule is CN(C)C(=O)N1CCCn2nc(CNC(=O)Cc3ccc(Cl)cc3)cc2C1. The average molecular weight is 390 g/mol. The van der Waals surface area contributed by atoms with Gasteiger partial charge in [0.15, 0.2) is 0 Å². The van der Waals surface area contributed by atoms with Crippen LogP contribution in [0.4, 0.5) is 4.79 Å². The van der Waals surface area contributed by atoms with E-state index in [9.17, 15) is 9.59 Å². The lowest BCUT2D eigenvalue weighted by atomic mass is 10.1. The maximum Gasteiger partial charge on any atom is 0.319 e. The average Bonchev–Trinajstić information content (AvgIpc) is 2.91. The highest BCUT2D eigenvalue weighted by atomic mass is 35.5. The molecular formula is C19H24ClN5O2. The van der Waals surface area contributed by atoms with Crippen molar-refractivity contribution in [3.8, 4) is 0 Å². The zero-order valence-corrected chi connectivity index (χ0v) is 16.4. The van der Waals surface area contributed by atoms with Crippen LogP contribution in [0.5, 0.6) is 0 Å². The molecular weight excluding hydrogens is 366 g/mol. The molecule has 1 aliphatic rings. The van der Waals surface area contributed by atoms with Gasteiger partial charge in [-0.25, -0.2) is 4.79 Å². The van der Waals surface area contributed by atoms with Gasteiger partial charge in [0.25, 0.3) is 0 Å². The van der Waals surface area contributed by atoms with E-state index < -0.39 is 0 Å². The first-order valence-corrected chi connectivity index (χ1v) is 9.33. The molecule has 0 radical (unpaired) electrons. The summed E-state index contributed by atoms with van der Waals surface area (Å²) in [6.45, 7) is 2.38. The van der Waals surface area contributed by atoms with Crippen molar-refractivity contribution in [2.75, 3.05) is 20.6 Å². The van der Waals surface area contributed by atoms with Crippen LogP contribution in [0.2, 0.25) is 5.02 Å². The van der Waals surface area contributed by atoms with Crippen molar-refractivity contribution < 1.29 is 9.59 Å². The second-order valence-corrected chi connectivity index (χ2v) is 7.32. The van der Waals surface area contributed by atoms with E-state index in [0.29, 0.717) is 31.1 Å². The summed E-state index contributed by atoms with van der Waals surface area (Å²) in [4.78, 5) is 27.8. The van der Waals surface area contributed by atoms with Crippen LogP contribution in [-0.2, 0) is 30.8 Å². The van der Waals surface area contributed by atoms with Gasteiger partial charge >= 0.3 is 6.03 Å². The molecule has 0 fully saturated rings. The largest absolute Gasteiger partial charge is 0.350 e. The first kappa shape index (κ1) is 19.2. The van der Waals surface area contributed by atoms with E-state index in [0.717, 1.165) is 29.9 Å². The van der Waals surface area contributed by atoms with Gasteiger partial charge in [-0.15, -0.1) is 0 Å². The highest BCUT2D eigenvalue weighted by molar-refractivity contribution is 6.30. The van der Waals surface area contributed by atoms with Crippen molar-refractivity contribution in [2.45, 2.75) is 32.5 Å². The fourth-order valence-electron chi connectivity index (χ4n) is 3.09. The lowest BCUT2D eigenvalue weighted by Crippen LogP contribution is -2.38. The summed E-state index contributed by atoms with van der Waals surface area (Å²) in [5.74, 6) is -0.0649. The van der Waals surface area contributed by atoms with Crippen molar-refractivity contribution in [3.05, 3.63) is 52.3 Å². The molecule has 1 N–H and O–H groups in total. The summed E-state index contributed by atoms with van der Waals surface area (Å²) in [5, 5.41) is 8.13. The summed E-state index contributed by atoms with van der Waals surface area (Å²) >= 11 is 5.86. The first-order valence-electron chi connectivity index (χ1n) is 8.95. The number of urea groups is 1. The minimum atomic E-state index is -0.0649. The van der Waals surface area contributed by atoms with Gasteiger partial charge in [-0.3, -0.25) is 9.48 Å². The Labute approximate surface area is 163 Å². The number of nitrogens with zero attached hydrogens (tertiary/aromatic N) is 4. The second-order valence-electron chi connectivity index (χ2n) is 6.88. The van der Waals surface area contributed by atoms with Gasteiger partial charge in [-0.2, -0.15) is 5.10 Å². The fourth-order valence-corrected chi connectivity index (χ4v) is 3.22. The van der Waals surface area contributed by atoms with Crippen LogP contribution in [0.25, 0.3) is 0 Å². The highest BCUT2D eigenvalue weighted by Crippen LogP contribution is 2.15. The van der Waals surface area contributed by atoms with Crippen molar-refractivity contribution in [1.82, 2.24) is 24.9 Å². The summed E-state index contributed by atoms with van der Waals surface area (Å²) in [6.07, 6.45) is 1.16. The number of rotatable bonds is 4. The van der Waals surface area contributed by atoms with Gasteiger partial charge in [0.1, 0.15) is 0 Å². The number of hydrogen-bond donors (Lipinski definition) is 1. The Morgan fingerprint density at radius 2 is 1.96 bits per heavy atom. The molecule has 1 aliphatic heterocycles. The molecule has 2 heterocycles. The third-order valence-corrected chi connectivity index (χ3v) is 4.71. The van der Waals surface area contributed by atoms with Crippen LogP contribution < -0.4 is 5.32 Å². The van der Waals surface area contributed by atoms with Crippen molar-refractivity contribution in [3.63, 3.8) is 0 Å². The number of hydrogen-bond acceptors (Lipinski definition) is 3. The molecule has 2 aromatic rings. The Hall–Kier alpha value is -2.54. The maximum atomic E-state index is 12.2. The summed E-state index contributed by atoms with van der Waals surface area (Å²) in [6, 6.07) is 9.20. The Morgan fingerprint density at radius 3 is 2.67 bits per heavy atom. The van der Waals surface area contributed by atoms with Crippen molar-refractivity contribution in [2.24, 2.45) is 0 Å². The number of aromatic nitrogens is 2. The predicted octanol–water partition coefficient (Wildman–Crippen LogP) is 2.28. The number of aryl methyl sites for hydroxylation is 1. The van der Waals surface area contributed by atoms with E-state index in [4.69, 9.17) is 11.6 Å². The van der Waals surface area contributed by atoms with Gasteiger partial charge in [-0.1, -0.05) is 23.7 Å². The lowest BCUT2D eigenvalue weighted by Gasteiger charge is -2.23. The van der Waals surface area contributed by atoms with Crippen LogP contribution in [0.3, 0.4) is 0 Å². The van der Waals surface area contributed by atoms with Crippen molar-refractivity contribution >= 4 is 23.5 Å².